The van der Waals surface area contributed by atoms with E-state index in [1.54, 1.807) is 0 Å². The normalized spacial score (nSPS) is 12.5. The van der Waals surface area contributed by atoms with Crippen molar-refractivity contribution < 1.29 is 4.74 Å². The van der Waals surface area contributed by atoms with Crippen LogP contribution in [0.15, 0.2) is 24.3 Å². The molecule has 1 rings (SSSR count). The molecule has 1 aromatic rings. The first kappa shape index (κ1) is 11.6. The molecule has 0 spiro atoms. The van der Waals surface area contributed by atoms with E-state index in [-0.39, 0.29) is 0 Å². The van der Waals surface area contributed by atoms with Gasteiger partial charge in [0.05, 0.1) is 6.61 Å². The molecule has 0 aromatic heterocycles. The fraction of sp³-hybridized carbons (Fsp3) is 0.500. The quantitative estimate of drug-likeness (QED) is 0.731. The maximum Gasteiger partial charge on any atom is 0.122 e. The van der Waals surface area contributed by atoms with Crippen molar-refractivity contribution in [2.45, 2.75) is 20.3 Å². The van der Waals surface area contributed by atoms with Crippen LogP contribution < -0.4 is 4.74 Å². The molecule has 1 atom stereocenters. The molecule has 0 aliphatic rings. The van der Waals surface area contributed by atoms with E-state index in [1.807, 2.05) is 12.1 Å². The van der Waals surface area contributed by atoms with Gasteiger partial charge in [0.1, 0.15) is 5.75 Å². The van der Waals surface area contributed by atoms with Crippen molar-refractivity contribution in [2.75, 3.05) is 11.9 Å². The molecule has 1 nitrogen and oxygen atoms in total. The number of benzene rings is 1. The second-order valence-electron chi connectivity index (χ2n) is 3.53. The first-order valence-corrected chi connectivity index (χ1v) is 6.16. The van der Waals surface area contributed by atoms with Gasteiger partial charge in [-0.15, -0.1) is 0 Å². The molecule has 1 aromatic carbocycles. The van der Waals surface area contributed by atoms with E-state index >= 15 is 0 Å². The molecule has 0 saturated carbocycles. The van der Waals surface area contributed by atoms with E-state index in [4.69, 9.17) is 4.74 Å². The summed E-state index contributed by atoms with van der Waals surface area (Å²) in [5.41, 5.74) is 1.29. The van der Waals surface area contributed by atoms with Crippen molar-refractivity contribution in [3.05, 3.63) is 29.8 Å². The summed E-state index contributed by atoms with van der Waals surface area (Å²) in [4.78, 5) is 0. The molecule has 0 bridgehead atoms. The van der Waals surface area contributed by atoms with E-state index < -0.39 is 0 Å². The minimum absolute atomic E-state index is 0.555. The van der Waals surface area contributed by atoms with Gasteiger partial charge in [-0.2, -0.15) is 0 Å². The van der Waals surface area contributed by atoms with Crippen LogP contribution in [0.3, 0.4) is 0 Å². The second kappa shape index (κ2) is 6.07. The molecule has 0 aliphatic heterocycles. The zero-order chi connectivity index (χ0) is 10.4. The second-order valence-corrected chi connectivity index (χ2v) is 4.18. The lowest BCUT2D eigenvalue weighted by molar-refractivity contribution is 0.272. The standard InChI is InChI=1S/C12H17BrO/c1-3-11-6-4-5-7-12(11)14-9-10(2)8-13/h4-7,10H,3,8-9H2,1-2H3. The van der Waals surface area contributed by atoms with Gasteiger partial charge in [-0.05, 0) is 24.0 Å². The van der Waals surface area contributed by atoms with Gasteiger partial charge in [0, 0.05) is 5.33 Å². The highest BCUT2D eigenvalue weighted by Gasteiger charge is 2.03. The Kier molecular flexibility index (Phi) is 5.02. The molecule has 0 heterocycles. The van der Waals surface area contributed by atoms with Crippen LogP contribution in [0.25, 0.3) is 0 Å². The van der Waals surface area contributed by atoms with Gasteiger partial charge in [-0.3, -0.25) is 0 Å². The van der Waals surface area contributed by atoms with E-state index in [1.165, 1.54) is 5.56 Å². The van der Waals surface area contributed by atoms with Crippen molar-refractivity contribution in [2.24, 2.45) is 5.92 Å². The molecule has 0 aliphatic carbocycles. The van der Waals surface area contributed by atoms with Crippen molar-refractivity contribution in [3.63, 3.8) is 0 Å². The highest BCUT2D eigenvalue weighted by Crippen LogP contribution is 2.19. The molecule has 2 heteroatoms. The molecule has 0 fully saturated rings. The number of alkyl halides is 1. The Morgan fingerprint density at radius 3 is 2.71 bits per heavy atom. The summed E-state index contributed by atoms with van der Waals surface area (Å²) < 4.78 is 5.75. The van der Waals surface area contributed by atoms with Gasteiger partial charge >= 0.3 is 0 Å². The predicted octanol–water partition coefficient (Wildman–Crippen LogP) is 3.66. The topological polar surface area (TPSA) is 9.23 Å². The van der Waals surface area contributed by atoms with Crippen LogP contribution in [0.4, 0.5) is 0 Å². The van der Waals surface area contributed by atoms with Crippen molar-refractivity contribution in [1.29, 1.82) is 0 Å². The Bertz CT molecular complexity index is 273. The van der Waals surface area contributed by atoms with Gasteiger partial charge in [-0.25, -0.2) is 0 Å². The Balaban J connectivity index is 2.57. The maximum absolute atomic E-state index is 5.75. The smallest absolute Gasteiger partial charge is 0.122 e. The zero-order valence-corrected chi connectivity index (χ0v) is 10.4. The van der Waals surface area contributed by atoms with Gasteiger partial charge in [-0.1, -0.05) is 48.0 Å². The van der Waals surface area contributed by atoms with Crippen LogP contribution in [-0.2, 0) is 6.42 Å². The summed E-state index contributed by atoms with van der Waals surface area (Å²) in [6.07, 6.45) is 1.03. The highest BCUT2D eigenvalue weighted by atomic mass is 79.9. The predicted molar refractivity (Wildman–Crippen MR) is 64.3 cm³/mol. The third-order valence-corrected chi connectivity index (χ3v) is 3.25. The number of hydrogen-bond donors (Lipinski definition) is 0. The van der Waals surface area contributed by atoms with Crippen molar-refractivity contribution in [3.8, 4) is 5.75 Å². The van der Waals surface area contributed by atoms with E-state index in [9.17, 15) is 0 Å². The van der Waals surface area contributed by atoms with Gasteiger partial charge < -0.3 is 4.74 Å². The third-order valence-electron chi connectivity index (χ3n) is 2.14. The summed E-state index contributed by atoms with van der Waals surface area (Å²) in [5, 5.41) is 0.987. The van der Waals surface area contributed by atoms with Crippen LogP contribution >= 0.6 is 15.9 Å². The lowest BCUT2D eigenvalue weighted by Crippen LogP contribution is -2.10. The number of aryl methyl sites for hydroxylation is 1. The minimum atomic E-state index is 0.555. The number of rotatable bonds is 5. The van der Waals surface area contributed by atoms with Gasteiger partial charge in [0.25, 0.3) is 0 Å². The van der Waals surface area contributed by atoms with E-state index in [2.05, 4.69) is 41.9 Å². The molecule has 0 radical (unpaired) electrons. The van der Waals surface area contributed by atoms with Crippen LogP contribution in [0, 0.1) is 5.92 Å². The summed E-state index contributed by atoms with van der Waals surface area (Å²) in [5.74, 6) is 1.59. The van der Waals surface area contributed by atoms with Crippen LogP contribution in [0.2, 0.25) is 0 Å². The van der Waals surface area contributed by atoms with Crippen LogP contribution in [0.1, 0.15) is 19.4 Å². The highest BCUT2D eigenvalue weighted by molar-refractivity contribution is 9.09. The number of hydrogen-bond acceptors (Lipinski definition) is 1. The van der Waals surface area contributed by atoms with Crippen LogP contribution in [0.5, 0.6) is 5.75 Å². The monoisotopic (exact) mass is 256 g/mol. The molecule has 1 unspecified atom stereocenters. The lowest BCUT2D eigenvalue weighted by atomic mass is 10.1. The molecule has 0 N–H and O–H groups in total. The number of para-hydroxylation sites is 1. The fourth-order valence-electron chi connectivity index (χ4n) is 1.21. The lowest BCUT2D eigenvalue weighted by Gasteiger charge is -2.12. The minimum Gasteiger partial charge on any atom is -0.493 e. The zero-order valence-electron chi connectivity index (χ0n) is 8.79. The Morgan fingerprint density at radius 2 is 2.07 bits per heavy atom. The first-order chi connectivity index (χ1) is 6.77. The molecule has 0 saturated heterocycles. The third kappa shape index (κ3) is 3.33. The summed E-state index contributed by atoms with van der Waals surface area (Å²) in [7, 11) is 0. The van der Waals surface area contributed by atoms with Gasteiger partial charge in [0.2, 0.25) is 0 Å². The van der Waals surface area contributed by atoms with E-state index in [0.717, 1.165) is 24.1 Å². The number of halogens is 1. The summed E-state index contributed by atoms with van der Waals surface area (Å²) >= 11 is 3.44. The maximum atomic E-state index is 5.75. The fourth-order valence-corrected chi connectivity index (χ4v) is 1.40. The Labute approximate surface area is 94.6 Å². The first-order valence-electron chi connectivity index (χ1n) is 5.04. The molecular formula is C12H17BrO. The largest absolute Gasteiger partial charge is 0.493 e. The molecular weight excluding hydrogens is 240 g/mol. The molecule has 78 valence electrons. The SMILES string of the molecule is CCc1ccccc1OCC(C)CBr. The molecule has 0 amide bonds. The van der Waals surface area contributed by atoms with E-state index in [0.29, 0.717) is 5.92 Å². The summed E-state index contributed by atoms with van der Waals surface area (Å²) in [6.45, 7) is 5.10. The van der Waals surface area contributed by atoms with Crippen LogP contribution in [-0.4, -0.2) is 11.9 Å². The summed E-state index contributed by atoms with van der Waals surface area (Å²) in [6, 6.07) is 8.24. The van der Waals surface area contributed by atoms with Crippen molar-refractivity contribution in [1.82, 2.24) is 0 Å². The van der Waals surface area contributed by atoms with Crippen molar-refractivity contribution >= 4 is 15.9 Å². The Morgan fingerprint density at radius 1 is 1.36 bits per heavy atom. The average Bonchev–Trinajstić information content (AvgIpc) is 2.26. The average molecular weight is 257 g/mol. The molecule has 14 heavy (non-hydrogen) atoms. The number of ether oxygens (including phenoxy) is 1. The van der Waals surface area contributed by atoms with Gasteiger partial charge in [0.15, 0.2) is 0 Å². The Hall–Kier alpha value is -0.500.